The number of rotatable bonds is 2. The smallest absolute Gasteiger partial charge is 0.325 e. The zero-order valence-corrected chi connectivity index (χ0v) is 11.4. The number of likely N-dealkylation sites (tertiary alicyclic amines) is 1. The number of carbonyl (C=O) groups is 2. The fourth-order valence-corrected chi connectivity index (χ4v) is 3.16. The Balaban J connectivity index is 1.94. The number of hydrogen-bond acceptors (Lipinski definition) is 3. The average molecular weight is 268 g/mol. The molecule has 2 fully saturated rings. The number of nitrogens with zero attached hydrogens (tertiary/aromatic N) is 1. The molecule has 1 amide bonds. The fraction of sp³-hybridized carbons (Fsp3) is 0.857. The third-order valence-electron chi connectivity index (χ3n) is 4.49. The third-order valence-corrected chi connectivity index (χ3v) is 4.49. The van der Waals surface area contributed by atoms with E-state index in [9.17, 15) is 9.59 Å². The van der Waals surface area contributed by atoms with Crippen LogP contribution in [-0.2, 0) is 9.59 Å². The Morgan fingerprint density at radius 1 is 1.11 bits per heavy atom. The molecule has 19 heavy (non-hydrogen) atoms. The molecule has 3 N–H and O–H groups in total. The van der Waals surface area contributed by atoms with Crippen molar-refractivity contribution >= 4 is 11.9 Å². The summed E-state index contributed by atoms with van der Waals surface area (Å²) >= 11 is 0. The van der Waals surface area contributed by atoms with Gasteiger partial charge in [0.15, 0.2) is 0 Å². The standard InChI is InChI=1S/C14H24N2O3/c15-14(13(18)19)8-9-16(10-14)12(17)11-6-4-2-1-3-5-7-11/h11H,1-10,15H2,(H,18,19). The van der Waals surface area contributed by atoms with Crippen LogP contribution in [0, 0.1) is 5.92 Å². The van der Waals surface area contributed by atoms with Crippen molar-refractivity contribution in [2.24, 2.45) is 11.7 Å². The fourth-order valence-electron chi connectivity index (χ4n) is 3.16. The van der Waals surface area contributed by atoms with Crippen LogP contribution in [0.4, 0.5) is 0 Å². The zero-order chi connectivity index (χ0) is 13.9. The maximum atomic E-state index is 12.5. The molecule has 1 heterocycles. The van der Waals surface area contributed by atoms with E-state index in [-0.39, 0.29) is 18.4 Å². The first-order chi connectivity index (χ1) is 9.03. The van der Waals surface area contributed by atoms with Crippen LogP contribution in [0.3, 0.4) is 0 Å². The highest BCUT2D eigenvalue weighted by atomic mass is 16.4. The first-order valence-electron chi connectivity index (χ1n) is 7.34. The summed E-state index contributed by atoms with van der Waals surface area (Å²) in [6.07, 6.45) is 8.16. The van der Waals surface area contributed by atoms with Gasteiger partial charge in [0.1, 0.15) is 5.54 Å². The van der Waals surface area contributed by atoms with Crippen LogP contribution in [0.25, 0.3) is 0 Å². The SMILES string of the molecule is NC1(C(=O)O)CCN(C(=O)C2CCCCCCC2)C1. The van der Waals surface area contributed by atoms with Gasteiger partial charge in [-0.1, -0.05) is 32.1 Å². The number of carboxylic acids is 1. The minimum absolute atomic E-state index is 0.0800. The number of carbonyl (C=O) groups excluding carboxylic acids is 1. The summed E-state index contributed by atoms with van der Waals surface area (Å²) in [7, 11) is 0. The number of aliphatic carboxylic acids is 1. The van der Waals surface area contributed by atoms with Crippen LogP contribution in [-0.4, -0.2) is 40.5 Å². The van der Waals surface area contributed by atoms with Gasteiger partial charge in [0.05, 0.1) is 0 Å². The van der Waals surface area contributed by atoms with E-state index in [1.807, 2.05) is 0 Å². The Hall–Kier alpha value is -1.10. The molecule has 1 aliphatic heterocycles. The molecular formula is C14H24N2O3. The summed E-state index contributed by atoms with van der Waals surface area (Å²) < 4.78 is 0. The van der Waals surface area contributed by atoms with Crippen LogP contribution in [0.15, 0.2) is 0 Å². The van der Waals surface area contributed by atoms with Crippen molar-refractivity contribution in [2.45, 2.75) is 56.9 Å². The largest absolute Gasteiger partial charge is 0.480 e. The summed E-state index contributed by atoms with van der Waals surface area (Å²) in [6, 6.07) is 0. The molecule has 1 saturated heterocycles. The monoisotopic (exact) mass is 268 g/mol. The van der Waals surface area contributed by atoms with E-state index in [4.69, 9.17) is 10.8 Å². The maximum absolute atomic E-state index is 12.5. The second kappa shape index (κ2) is 5.90. The lowest BCUT2D eigenvalue weighted by Crippen LogP contribution is -2.51. The van der Waals surface area contributed by atoms with E-state index in [1.54, 1.807) is 4.90 Å². The van der Waals surface area contributed by atoms with Crippen molar-refractivity contribution in [1.82, 2.24) is 4.90 Å². The molecule has 5 nitrogen and oxygen atoms in total. The second-order valence-electron chi connectivity index (χ2n) is 6.01. The highest BCUT2D eigenvalue weighted by Gasteiger charge is 2.43. The summed E-state index contributed by atoms with van der Waals surface area (Å²) in [5, 5.41) is 9.10. The Kier molecular flexibility index (Phi) is 4.45. The van der Waals surface area contributed by atoms with Crippen molar-refractivity contribution in [3.8, 4) is 0 Å². The Labute approximate surface area is 114 Å². The van der Waals surface area contributed by atoms with E-state index in [1.165, 1.54) is 19.3 Å². The zero-order valence-electron chi connectivity index (χ0n) is 11.4. The molecule has 0 aromatic carbocycles. The van der Waals surface area contributed by atoms with Crippen molar-refractivity contribution < 1.29 is 14.7 Å². The molecule has 2 rings (SSSR count). The highest BCUT2D eigenvalue weighted by molar-refractivity contribution is 5.84. The van der Waals surface area contributed by atoms with E-state index >= 15 is 0 Å². The van der Waals surface area contributed by atoms with Gasteiger partial charge in [-0.05, 0) is 19.3 Å². The Morgan fingerprint density at radius 3 is 2.21 bits per heavy atom. The quantitative estimate of drug-likeness (QED) is 0.792. The molecule has 0 bridgehead atoms. The lowest BCUT2D eigenvalue weighted by molar-refractivity contribution is -0.143. The molecule has 1 aliphatic carbocycles. The summed E-state index contributed by atoms with van der Waals surface area (Å²) in [6.45, 7) is 0.649. The Bertz CT molecular complexity index is 351. The lowest BCUT2D eigenvalue weighted by atomic mass is 9.90. The predicted molar refractivity (Wildman–Crippen MR) is 71.6 cm³/mol. The molecule has 1 atom stereocenters. The first kappa shape index (κ1) is 14.3. The predicted octanol–water partition coefficient (Wildman–Crippen LogP) is 1.36. The third kappa shape index (κ3) is 3.26. The van der Waals surface area contributed by atoms with Gasteiger partial charge in [0.2, 0.25) is 5.91 Å². The van der Waals surface area contributed by atoms with Crippen molar-refractivity contribution in [3.05, 3.63) is 0 Å². The molecule has 1 saturated carbocycles. The summed E-state index contributed by atoms with van der Waals surface area (Å²) in [4.78, 5) is 25.2. The normalized spacial score (nSPS) is 29.8. The lowest BCUT2D eigenvalue weighted by Gasteiger charge is -2.26. The van der Waals surface area contributed by atoms with Crippen molar-refractivity contribution in [2.75, 3.05) is 13.1 Å². The average Bonchev–Trinajstić information content (AvgIpc) is 2.72. The van der Waals surface area contributed by atoms with Gasteiger partial charge >= 0.3 is 5.97 Å². The Morgan fingerprint density at radius 2 is 1.68 bits per heavy atom. The molecule has 0 spiro atoms. The number of carboxylic acid groups (broad SMARTS) is 1. The van der Waals surface area contributed by atoms with Gasteiger partial charge in [0.25, 0.3) is 0 Å². The maximum Gasteiger partial charge on any atom is 0.325 e. The molecule has 0 radical (unpaired) electrons. The van der Waals surface area contributed by atoms with Crippen LogP contribution in [0.2, 0.25) is 0 Å². The summed E-state index contributed by atoms with van der Waals surface area (Å²) in [5.74, 6) is -0.799. The van der Waals surface area contributed by atoms with Gasteiger partial charge in [-0.15, -0.1) is 0 Å². The summed E-state index contributed by atoms with van der Waals surface area (Å²) in [5.41, 5.74) is 4.58. The minimum Gasteiger partial charge on any atom is -0.480 e. The van der Waals surface area contributed by atoms with E-state index in [2.05, 4.69) is 0 Å². The topological polar surface area (TPSA) is 83.6 Å². The second-order valence-corrected chi connectivity index (χ2v) is 6.01. The van der Waals surface area contributed by atoms with Crippen LogP contribution in [0.5, 0.6) is 0 Å². The van der Waals surface area contributed by atoms with Gasteiger partial charge in [0, 0.05) is 19.0 Å². The molecular weight excluding hydrogens is 244 g/mol. The van der Waals surface area contributed by atoms with E-state index < -0.39 is 11.5 Å². The number of nitrogens with two attached hydrogens (primary N) is 1. The van der Waals surface area contributed by atoms with Crippen molar-refractivity contribution in [1.29, 1.82) is 0 Å². The van der Waals surface area contributed by atoms with Crippen LogP contribution >= 0.6 is 0 Å². The van der Waals surface area contributed by atoms with Gasteiger partial charge in [-0.3, -0.25) is 9.59 Å². The van der Waals surface area contributed by atoms with Crippen LogP contribution in [0.1, 0.15) is 51.4 Å². The van der Waals surface area contributed by atoms with Gasteiger partial charge in [-0.25, -0.2) is 0 Å². The molecule has 2 aliphatic rings. The minimum atomic E-state index is -1.24. The van der Waals surface area contributed by atoms with Gasteiger partial charge < -0.3 is 15.7 Å². The molecule has 5 heteroatoms. The number of amides is 1. The molecule has 108 valence electrons. The molecule has 0 aromatic heterocycles. The molecule has 0 aromatic rings. The molecule has 1 unspecified atom stereocenters. The highest BCUT2D eigenvalue weighted by Crippen LogP contribution is 2.27. The van der Waals surface area contributed by atoms with E-state index in [0.29, 0.717) is 13.0 Å². The number of hydrogen-bond donors (Lipinski definition) is 2. The van der Waals surface area contributed by atoms with E-state index in [0.717, 1.165) is 25.7 Å². The van der Waals surface area contributed by atoms with Crippen LogP contribution < -0.4 is 5.73 Å². The first-order valence-corrected chi connectivity index (χ1v) is 7.34. The van der Waals surface area contributed by atoms with Crippen molar-refractivity contribution in [3.63, 3.8) is 0 Å². The van der Waals surface area contributed by atoms with Gasteiger partial charge in [-0.2, -0.15) is 0 Å².